The van der Waals surface area contributed by atoms with Crippen LogP contribution in [0.4, 0.5) is 9.18 Å². The third-order valence-electron chi connectivity index (χ3n) is 8.82. The topological polar surface area (TPSA) is 217 Å². The van der Waals surface area contributed by atoms with Gasteiger partial charge in [-0.25, -0.2) is 30.7 Å². The normalized spacial score (nSPS) is 25.3. The number of halogens is 1. The van der Waals surface area contributed by atoms with E-state index in [1.165, 1.54) is 23.1 Å². The number of hydrogen-bond donors (Lipinski definition) is 4. The first-order chi connectivity index (χ1) is 22.6. The van der Waals surface area contributed by atoms with Gasteiger partial charge in [0.2, 0.25) is 38.3 Å². The van der Waals surface area contributed by atoms with Gasteiger partial charge in [0, 0.05) is 36.4 Å². The van der Waals surface area contributed by atoms with Crippen LogP contribution >= 0.6 is 0 Å². The highest BCUT2D eigenvalue weighted by Gasteiger charge is 2.62. The number of fused-ring (bicyclic) bond motifs is 1. The van der Waals surface area contributed by atoms with E-state index in [1.807, 2.05) is 4.72 Å². The van der Waals surface area contributed by atoms with Crippen molar-refractivity contribution in [2.45, 2.75) is 67.7 Å². The SMILES string of the molecule is C=C[C@@H]1C[C@]1(NC(=O)[C@@H]1C[C@@H](OC(=O)N2Cc3cccc(F)c3C2)CN1C(=O)[C@H](CNS(=O)(=O)C=C)NC=O)C(=O)NS(=O)(=O)C1CC1. The van der Waals surface area contributed by atoms with Gasteiger partial charge in [0.25, 0.3) is 5.91 Å². The quantitative estimate of drug-likeness (QED) is 0.138. The van der Waals surface area contributed by atoms with Crippen molar-refractivity contribution >= 4 is 50.3 Å². The molecule has 0 spiro atoms. The molecule has 0 radical (unpaired) electrons. The average molecular weight is 711 g/mol. The van der Waals surface area contributed by atoms with Crippen molar-refractivity contribution in [1.82, 2.24) is 29.9 Å². The lowest BCUT2D eigenvalue weighted by Gasteiger charge is -2.29. The van der Waals surface area contributed by atoms with Crippen LogP contribution in [0.2, 0.25) is 0 Å². The van der Waals surface area contributed by atoms with E-state index in [-0.39, 0.29) is 38.9 Å². The Morgan fingerprint density at radius 3 is 2.46 bits per heavy atom. The molecular weight excluding hydrogens is 675 g/mol. The molecule has 16 nitrogen and oxygen atoms in total. The summed E-state index contributed by atoms with van der Waals surface area (Å²) in [7, 11) is -8.00. The molecule has 4 N–H and O–H groups in total. The van der Waals surface area contributed by atoms with Crippen LogP contribution in [0.5, 0.6) is 0 Å². The summed E-state index contributed by atoms with van der Waals surface area (Å²) in [4.78, 5) is 67.5. The molecule has 0 unspecified atom stereocenters. The third-order valence-corrected chi connectivity index (χ3v) is 11.7. The molecule has 1 saturated heterocycles. The zero-order chi connectivity index (χ0) is 35.0. The lowest BCUT2D eigenvalue weighted by atomic mass is 10.1. The number of likely N-dealkylation sites (tertiary alicyclic amines) is 1. The Balaban J connectivity index is 1.35. The number of rotatable bonds is 14. The molecule has 2 aliphatic heterocycles. The first-order valence-electron chi connectivity index (χ1n) is 15.0. The zero-order valence-corrected chi connectivity index (χ0v) is 27.2. The van der Waals surface area contributed by atoms with Gasteiger partial charge in [-0.2, -0.15) is 0 Å². The van der Waals surface area contributed by atoms with E-state index < -0.39 is 91.1 Å². The number of ether oxygens (including phenoxy) is 1. The molecule has 4 aliphatic rings. The molecule has 1 aromatic rings. The van der Waals surface area contributed by atoms with Crippen molar-refractivity contribution in [3.63, 3.8) is 0 Å². The smallest absolute Gasteiger partial charge is 0.410 e. The summed E-state index contributed by atoms with van der Waals surface area (Å²) < 4.78 is 72.9. The van der Waals surface area contributed by atoms with Crippen LogP contribution in [0.15, 0.2) is 42.8 Å². The van der Waals surface area contributed by atoms with E-state index in [2.05, 4.69) is 28.5 Å². The molecule has 1 aromatic carbocycles. The van der Waals surface area contributed by atoms with Crippen molar-refractivity contribution < 1.29 is 49.9 Å². The molecular formula is C29H35FN6O10S2. The number of sulfonamides is 2. The molecule has 2 saturated carbocycles. The fraction of sp³-hybridized carbons (Fsp3) is 0.483. The number of carbonyl (C=O) groups excluding carboxylic acids is 5. The van der Waals surface area contributed by atoms with Gasteiger partial charge in [0.15, 0.2) is 0 Å². The highest BCUT2D eigenvalue weighted by Crippen LogP contribution is 2.45. The van der Waals surface area contributed by atoms with Crippen LogP contribution in [-0.4, -0.2) is 98.9 Å². The van der Waals surface area contributed by atoms with Crippen LogP contribution in [-0.2, 0) is 57.1 Å². The molecule has 5 atom stereocenters. The van der Waals surface area contributed by atoms with Crippen LogP contribution in [0.3, 0.4) is 0 Å². The lowest BCUT2D eigenvalue weighted by molar-refractivity contribution is -0.141. The van der Waals surface area contributed by atoms with Crippen LogP contribution < -0.4 is 20.1 Å². The van der Waals surface area contributed by atoms with Crippen LogP contribution in [0, 0.1) is 11.7 Å². The molecule has 2 heterocycles. The fourth-order valence-electron chi connectivity index (χ4n) is 5.88. The van der Waals surface area contributed by atoms with Gasteiger partial charge in [-0.1, -0.05) is 24.8 Å². The lowest BCUT2D eigenvalue weighted by Crippen LogP contribution is -2.59. The van der Waals surface area contributed by atoms with Crippen molar-refractivity contribution in [2.24, 2.45) is 5.92 Å². The van der Waals surface area contributed by atoms with E-state index in [1.54, 1.807) is 6.07 Å². The van der Waals surface area contributed by atoms with Gasteiger partial charge in [0.05, 0.1) is 18.3 Å². The maximum atomic E-state index is 14.3. The molecule has 260 valence electrons. The zero-order valence-electron chi connectivity index (χ0n) is 25.6. The van der Waals surface area contributed by atoms with Crippen molar-refractivity contribution in [3.8, 4) is 0 Å². The van der Waals surface area contributed by atoms with E-state index in [9.17, 15) is 45.2 Å². The minimum Gasteiger partial charge on any atom is -0.444 e. The molecule has 48 heavy (non-hydrogen) atoms. The van der Waals surface area contributed by atoms with E-state index in [0.717, 1.165) is 4.90 Å². The predicted molar refractivity (Wildman–Crippen MR) is 165 cm³/mol. The second kappa shape index (κ2) is 13.3. The van der Waals surface area contributed by atoms with Crippen molar-refractivity contribution in [1.29, 1.82) is 0 Å². The monoisotopic (exact) mass is 710 g/mol. The van der Waals surface area contributed by atoms with Gasteiger partial charge >= 0.3 is 6.09 Å². The molecule has 0 bridgehead atoms. The summed E-state index contributed by atoms with van der Waals surface area (Å²) in [5, 5.41) is 4.66. The van der Waals surface area contributed by atoms with Gasteiger partial charge in [-0.15, -0.1) is 6.58 Å². The summed E-state index contributed by atoms with van der Waals surface area (Å²) in [5.74, 6) is -3.90. The molecule has 19 heteroatoms. The summed E-state index contributed by atoms with van der Waals surface area (Å²) in [6, 6.07) is 1.52. The standard InChI is InChI=1S/C29H35FN6O10S2/c1-3-18-11-29(18,27(40)34-48(44,45)20-8-9-20)33-25(38)24-10-19(46-28(41)35-13-17-6-5-7-22(30)21(17)15-35)14-36(24)26(39)23(31-16-37)12-32-47(42,43)4-2/h3-7,16,18-20,23-24,32H,1-2,8-15H2,(H,31,37)(H,33,38)(H,34,40)/t18-,19-,23+,24+,29-/m1/s1. The van der Waals surface area contributed by atoms with Crippen molar-refractivity contribution in [3.05, 3.63) is 59.8 Å². The molecule has 5 amide bonds. The molecule has 5 rings (SSSR count). The van der Waals surface area contributed by atoms with Crippen LogP contribution in [0.25, 0.3) is 0 Å². The largest absolute Gasteiger partial charge is 0.444 e. The van der Waals surface area contributed by atoms with Crippen molar-refractivity contribution in [2.75, 3.05) is 13.1 Å². The number of hydrogen-bond acceptors (Lipinski definition) is 10. The Kier molecular flexibility index (Phi) is 9.67. The second-order valence-electron chi connectivity index (χ2n) is 12.1. The summed E-state index contributed by atoms with van der Waals surface area (Å²) in [6.07, 6.45) is 0.142. The molecule has 3 fully saturated rings. The number of nitrogens with one attached hydrogen (secondary N) is 4. The fourth-order valence-corrected chi connectivity index (χ4v) is 7.76. The first-order valence-corrected chi connectivity index (χ1v) is 18.1. The highest BCUT2D eigenvalue weighted by molar-refractivity contribution is 7.92. The minimum atomic E-state index is -4.03. The van der Waals surface area contributed by atoms with E-state index in [0.29, 0.717) is 29.4 Å². The summed E-state index contributed by atoms with van der Waals surface area (Å²) in [5.41, 5.74) is -0.769. The molecule has 2 aliphatic carbocycles. The van der Waals surface area contributed by atoms with Gasteiger partial charge in [-0.05, 0) is 30.9 Å². The number of benzene rings is 1. The average Bonchev–Trinajstić information content (AvgIpc) is 3.93. The maximum absolute atomic E-state index is 14.3. The number of carbonyl (C=O) groups is 5. The van der Waals surface area contributed by atoms with Crippen LogP contribution in [0.1, 0.15) is 36.8 Å². The highest BCUT2D eigenvalue weighted by atomic mass is 32.2. The number of amides is 5. The van der Waals surface area contributed by atoms with Gasteiger partial charge in [-0.3, -0.25) is 28.8 Å². The summed E-state index contributed by atoms with van der Waals surface area (Å²) in [6.45, 7) is 5.81. The maximum Gasteiger partial charge on any atom is 0.410 e. The van der Waals surface area contributed by atoms with Gasteiger partial charge < -0.3 is 20.3 Å². The minimum absolute atomic E-state index is 0.0259. The third kappa shape index (κ3) is 7.21. The Morgan fingerprint density at radius 1 is 1.12 bits per heavy atom. The summed E-state index contributed by atoms with van der Waals surface area (Å²) >= 11 is 0. The Bertz CT molecular complexity index is 1770. The first kappa shape index (κ1) is 35.0. The Hall–Kier alpha value is -4.36. The predicted octanol–water partition coefficient (Wildman–Crippen LogP) is -0.906. The Morgan fingerprint density at radius 2 is 1.85 bits per heavy atom. The van der Waals surface area contributed by atoms with E-state index >= 15 is 0 Å². The molecule has 0 aromatic heterocycles. The second-order valence-corrected chi connectivity index (χ2v) is 15.7. The Labute approximate surface area is 276 Å². The number of nitrogens with zero attached hydrogens (tertiary/aromatic N) is 2. The van der Waals surface area contributed by atoms with Gasteiger partial charge in [0.1, 0.15) is 29.5 Å². The van der Waals surface area contributed by atoms with E-state index in [4.69, 9.17) is 4.74 Å².